The largest absolute Gasteiger partial charge is 0.481 e. The fourth-order valence-corrected chi connectivity index (χ4v) is 1.85. The van der Waals surface area contributed by atoms with Crippen LogP contribution in [0.5, 0.6) is 0 Å². The predicted molar refractivity (Wildman–Crippen MR) is 105 cm³/mol. The van der Waals surface area contributed by atoms with Gasteiger partial charge in [0.1, 0.15) is 0 Å². The van der Waals surface area contributed by atoms with Crippen LogP contribution in [0.1, 0.15) is 58.3 Å². The van der Waals surface area contributed by atoms with Gasteiger partial charge in [-0.1, -0.05) is 79.8 Å². The maximum absolute atomic E-state index is 10.3. The third-order valence-electron chi connectivity index (χ3n) is 3.12. The zero-order valence-electron chi connectivity index (χ0n) is 14.9. The van der Waals surface area contributed by atoms with E-state index in [2.05, 4.69) is 67.7 Å². The van der Waals surface area contributed by atoms with E-state index in [0.717, 1.165) is 38.5 Å². The van der Waals surface area contributed by atoms with Gasteiger partial charge in [-0.15, -0.1) is 0 Å². The molecule has 0 amide bonds. The summed E-state index contributed by atoms with van der Waals surface area (Å²) in [5, 5.41) is 8.49. The zero-order chi connectivity index (χ0) is 17.7. The molecule has 0 aromatic carbocycles. The molecule has 0 rings (SSSR count). The number of carboxylic acid groups (broad SMARTS) is 1. The minimum absolute atomic E-state index is 0.210. The Bertz CT molecular complexity index is 462. The first kappa shape index (κ1) is 21.9. The van der Waals surface area contributed by atoms with Crippen molar-refractivity contribution in [3.63, 3.8) is 0 Å². The molecule has 0 aliphatic carbocycles. The molecule has 0 bridgehead atoms. The van der Waals surface area contributed by atoms with E-state index in [0.29, 0.717) is 6.42 Å². The highest BCUT2D eigenvalue weighted by Crippen LogP contribution is 1.97. The number of aliphatic carboxylic acids is 1. The second-order valence-corrected chi connectivity index (χ2v) is 5.35. The molecule has 1 N–H and O–H groups in total. The molecule has 0 aromatic rings. The van der Waals surface area contributed by atoms with Crippen LogP contribution in [-0.4, -0.2) is 11.1 Å². The van der Waals surface area contributed by atoms with Gasteiger partial charge in [0.15, 0.2) is 0 Å². The minimum atomic E-state index is -0.741. The maximum atomic E-state index is 10.3. The van der Waals surface area contributed by atoms with E-state index in [4.69, 9.17) is 5.11 Å². The van der Waals surface area contributed by atoms with Crippen LogP contribution in [0, 0.1) is 0 Å². The Kier molecular flexibility index (Phi) is 17.3. The van der Waals surface area contributed by atoms with Gasteiger partial charge in [-0.25, -0.2) is 0 Å². The Morgan fingerprint density at radius 2 is 0.958 bits per heavy atom. The second-order valence-electron chi connectivity index (χ2n) is 5.35. The summed E-state index contributed by atoms with van der Waals surface area (Å²) in [5.74, 6) is -0.741. The Balaban J connectivity index is 3.51. The SMILES string of the molecule is CC/C=C/C/C=C\C/C=C/C/C=C/C/C=C/C/C=C/CCC(=O)O. The standard InChI is InChI=1S/C22H32O2/c1-2-3-4-5-6-7-8-9-10-11-12-13-14-15-16-17-18-19-20-21-22(23)24/h3-4,6-7,9-10,12-13,15-16,18-19H,2,5,8,11,14,17,20-21H2,1H3,(H,23,24)/b4-3+,7-6-,10-9+,13-12+,16-15+,19-18+. The minimum Gasteiger partial charge on any atom is -0.481 e. The van der Waals surface area contributed by atoms with Crippen LogP contribution in [0.25, 0.3) is 0 Å². The van der Waals surface area contributed by atoms with Crippen LogP contribution in [0.4, 0.5) is 0 Å². The maximum Gasteiger partial charge on any atom is 0.303 e. The van der Waals surface area contributed by atoms with Crippen LogP contribution in [-0.2, 0) is 4.79 Å². The lowest BCUT2D eigenvalue weighted by molar-refractivity contribution is -0.136. The summed E-state index contributed by atoms with van der Waals surface area (Å²) in [7, 11) is 0. The van der Waals surface area contributed by atoms with Crippen molar-refractivity contribution in [2.75, 3.05) is 0 Å². The van der Waals surface area contributed by atoms with Gasteiger partial charge in [0.25, 0.3) is 0 Å². The third kappa shape index (κ3) is 19.9. The quantitative estimate of drug-likeness (QED) is 0.367. The average molecular weight is 328 g/mol. The molecule has 0 fully saturated rings. The van der Waals surface area contributed by atoms with Crippen molar-refractivity contribution in [2.45, 2.75) is 58.3 Å². The molecular weight excluding hydrogens is 296 g/mol. The normalized spacial score (nSPS) is 13.0. The van der Waals surface area contributed by atoms with E-state index in [9.17, 15) is 4.79 Å². The van der Waals surface area contributed by atoms with Crippen LogP contribution in [0.15, 0.2) is 72.9 Å². The van der Waals surface area contributed by atoms with Crippen molar-refractivity contribution < 1.29 is 9.90 Å². The van der Waals surface area contributed by atoms with Crippen molar-refractivity contribution in [1.82, 2.24) is 0 Å². The summed E-state index contributed by atoms with van der Waals surface area (Å²) < 4.78 is 0. The molecule has 0 radical (unpaired) electrons. The van der Waals surface area contributed by atoms with Crippen LogP contribution < -0.4 is 0 Å². The number of allylic oxidation sites excluding steroid dienone is 12. The predicted octanol–water partition coefficient (Wildman–Crippen LogP) is 6.55. The number of rotatable bonds is 14. The highest BCUT2D eigenvalue weighted by Gasteiger charge is 1.90. The van der Waals surface area contributed by atoms with Gasteiger partial charge in [-0.2, -0.15) is 0 Å². The number of hydrogen-bond acceptors (Lipinski definition) is 1. The summed E-state index contributed by atoms with van der Waals surface area (Å²) in [5.41, 5.74) is 0. The summed E-state index contributed by atoms with van der Waals surface area (Å²) in [6.45, 7) is 2.15. The average Bonchev–Trinajstić information content (AvgIpc) is 2.56. The molecule has 2 heteroatoms. The van der Waals surface area contributed by atoms with Crippen LogP contribution >= 0.6 is 0 Å². The zero-order valence-corrected chi connectivity index (χ0v) is 14.9. The van der Waals surface area contributed by atoms with E-state index >= 15 is 0 Å². The van der Waals surface area contributed by atoms with Crippen molar-refractivity contribution in [2.24, 2.45) is 0 Å². The Morgan fingerprint density at radius 1 is 0.625 bits per heavy atom. The third-order valence-corrected chi connectivity index (χ3v) is 3.12. The van der Waals surface area contributed by atoms with Gasteiger partial charge >= 0.3 is 5.97 Å². The topological polar surface area (TPSA) is 37.3 Å². The molecule has 0 atom stereocenters. The molecule has 0 aromatic heterocycles. The van der Waals surface area contributed by atoms with Gasteiger partial charge in [0.2, 0.25) is 0 Å². The fourth-order valence-electron chi connectivity index (χ4n) is 1.85. The Hall–Kier alpha value is -2.09. The molecule has 2 nitrogen and oxygen atoms in total. The lowest BCUT2D eigenvalue weighted by atomic mass is 10.2. The molecule has 0 saturated heterocycles. The first-order chi connectivity index (χ1) is 11.8. The van der Waals surface area contributed by atoms with E-state index in [-0.39, 0.29) is 6.42 Å². The molecule has 0 aliphatic heterocycles. The Labute approximate surface area is 147 Å². The fraction of sp³-hybridized carbons (Fsp3) is 0.409. The molecule has 0 unspecified atom stereocenters. The molecule has 132 valence electrons. The molecule has 0 saturated carbocycles. The van der Waals surface area contributed by atoms with Crippen LogP contribution in [0.2, 0.25) is 0 Å². The van der Waals surface area contributed by atoms with Crippen LogP contribution in [0.3, 0.4) is 0 Å². The second kappa shape index (κ2) is 19.0. The molecule has 0 aliphatic rings. The van der Waals surface area contributed by atoms with Gasteiger partial charge in [-0.05, 0) is 44.9 Å². The lowest BCUT2D eigenvalue weighted by Crippen LogP contribution is -1.91. The van der Waals surface area contributed by atoms with Crippen molar-refractivity contribution in [3.8, 4) is 0 Å². The first-order valence-electron chi connectivity index (χ1n) is 8.89. The van der Waals surface area contributed by atoms with E-state index < -0.39 is 5.97 Å². The van der Waals surface area contributed by atoms with Crippen molar-refractivity contribution in [1.29, 1.82) is 0 Å². The van der Waals surface area contributed by atoms with Gasteiger partial charge in [0.05, 0.1) is 0 Å². The molecule has 24 heavy (non-hydrogen) atoms. The van der Waals surface area contributed by atoms with E-state index in [1.54, 1.807) is 0 Å². The van der Waals surface area contributed by atoms with Crippen molar-refractivity contribution in [3.05, 3.63) is 72.9 Å². The van der Waals surface area contributed by atoms with Gasteiger partial charge in [0, 0.05) is 6.42 Å². The van der Waals surface area contributed by atoms with Crippen molar-refractivity contribution >= 4 is 5.97 Å². The highest BCUT2D eigenvalue weighted by molar-refractivity contribution is 5.66. The smallest absolute Gasteiger partial charge is 0.303 e. The summed E-state index contributed by atoms with van der Waals surface area (Å²) in [6, 6.07) is 0. The first-order valence-corrected chi connectivity index (χ1v) is 8.89. The lowest BCUT2D eigenvalue weighted by Gasteiger charge is -1.87. The number of carboxylic acids is 1. The molecular formula is C22H32O2. The summed E-state index contributed by atoms with van der Waals surface area (Å²) in [6.07, 6.45) is 32.5. The molecule has 0 spiro atoms. The molecule has 0 heterocycles. The highest BCUT2D eigenvalue weighted by atomic mass is 16.4. The number of hydrogen-bond donors (Lipinski definition) is 1. The Morgan fingerprint density at radius 3 is 1.29 bits per heavy atom. The monoisotopic (exact) mass is 328 g/mol. The van der Waals surface area contributed by atoms with Gasteiger partial charge in [-0.3, -0.25) is 4.79 Å². The summed E-state index contributed by atoms with van der Waals surface area (Å²) >= 11 is 0. The van der Waals surface area contributed by atoms with E-state index in [1.165, 1.54) is 0 Å². The van der Waals surface area contributed by atoms with Gasteiger partial charge < -0.3 is 5.11 Å². The van der Waals surface area contributed by atoms with E-state index in [1.807, 2.05) is 12.2 Å². The number of carbonyl (C=O) groups is 1. The summed E-state index contributed by atoms with van der Waals surface area (Å²) in [4.78, 5) is 10.3.